The molecule has 4 heteroatoms. The molecule has 0 saturated heterocycles. The van der Waals surface area contributed by atoms with Crippen molar-refractivity contribution in [3.8, 4) is 0 Å². The summed E-state index contributed by atoms with van der Waals surface area (Å²) >= 11 is 0. The van der Waals surface area contributed by atoms with E-state index in [-0.39, 0.29) is 5.96 Å². The van der Waals surface area contributed by atoms with E-state index in [1.165, 1.54) is 0 Å². The van der Waals surface area contributed by atoms with Gasteiger partial charge >= 0.3 is 0 Å². The minimum Gasteiger partial charge on any atom is -0.366 e. The highest BCUT2D eigenvalue weighted by molar-refractivity contribution is 6.02. The van der Waals surface area contributed by atoms with Gasteiger partial charge in [0.25, 0.3) is 0 Å². The van der Waals surface area contributed by atoms with Gasteiger partial charge in [0.05, 0.1) is 0 Å². The van der Waals surface area contributed by atoms with E-state index in [1.807, 2.05) is 13.8 Å². The molecule has 1 aliphatic rings. The fourth-order valence-corrected chi connectivity index (χ4v) is 0.509. The quantitative estimate of drug-likeness (QED) is 0.522. The molecule has 4 nitrogen and oxygen atoms in total. The lowest BCUT2D eigenvalue weighted by molar-refractivity contribution is 0.856. The second-order valence-corrected chi connectivity index (χ2v) is 2.18. The van der Waals surface area contributed by atoms with Crippen LogP contribution in [-0.4, -0.2) is 11.8 Å². The van der Waals surface area contributed by atoms with Gasteiger partial charge in [0.15, 0.2) is 5.84 Å². The van der Waals surface area contributed by atoms with E-state index in [1.54, 1.807) is 0 Å². The maximum absolute atomic E-state index is 5.23. The van der Waals surface area contributed by atoms with Crippen molar-refractivity contribution in [3.05, 3.63) is 0 Å². The Morgan fingerprint density at radius 2 is 2.00 bits per heavy atom. The van der Waals surface area contributed by atoms with Crippen LogP contribution in [0, 0.1) is 5.92 Å². The smallest absolute Gasteiger partial charge is 0.241 e. The lowest BCUT2D eigenvalue weighted by atomic mass is 10.2. The van der Waals surface area contributed by atoms with Gasteiger partial charge in [-0.1, -0.05) is 13.8 Å². The topological polar surface area (TPSA) is 64.8 Å². The summed E-state index contributed by atoms with van der Waals surface area (Å²) in [5.41, 5.74) is 5.23. The van der Waals surface area contributed by atoms with Crippen LogP contribution in [0.2, 0.25) is 0 Å². The zero-order valence-corrected chi connectivity index (χ0v) is 5.50. The fraction of sp³-hybridized carbons (Fsp3) is 0.600. The molecule has 9 heavy (non-hydrogen) atoms. The van der Waals surface area contributed by atoms with E-state index >= 15 is 0 Å². The minimum atomic E-state index is 0.263. The van der Waals surface area contributed by atoms with Gasteiger partial charge in [0.2, 0.25) is 5.96 Å². The summed E-state index contributed by atoms with van der Waals surface area (Å²) in [4.78, 5) is 0. The molecule has 0 spiro atoms. The summed E-state index contributed by atoms with van der Waals surface area (Å²) in [6.07, 6.45) is 0. The molecular formula is C5H9N4. The second-order valence-electron chi connectivity index (χ2n) is 2.18. The molecule has 0 aliphatic carbocycles. The molecule has 0 aromatic heterocycles. The molecule has 0 amide bonds. The monoisotopic (exact) mass is 125 g/mol. The summed E-state index contributed by atoms with van der Waals surface area (Å²) in [5.74, 6) is 1.29. The Kier molecular flexibility index (Phi) is 1.38. The maximum Gasteiger partial charge on any atom is 0.241 e. The van der Waals surface area contributed by atoms with Gasteiger partial charge in [-0.25, -0.2) is 0 Å². The summed E-state index contributed by atoms with van der Waals surface area (Å²) in [7, 11) is 0. The minimum absolute atomic E-state index is 0.263. The Bertz CT molecular complexity index is 168. The molecule has 0 bridgehead atoms. The van der Waals surface area contributed by atoms with Gasteiger partial charge in [-0.2, -0.15) is 5.32 Å². The van der Waals surface area contributed by atoms with Crippen LogP contribution in [0.4, 0.5) is 0 Å². The van der Waals surface area contributed by atoms with Crippen molar-refractivity contribution in [1.29, 1.82) is 0 Å². The molecular weight excluding hydrogens is 116 g/mol. The number of amidine groups is 1. The van der Waals surface area contributed by atoms with Crippen LogP contribution in [0.25, 0.3) is 0 Å². The lowest BCUT2D eigenvalue weighted by Gasteiger charge is -1.99. The van der Waals surface area contributed by atoms with E-state index in [0.717, 1.165) is 0 Å². The van der Waals surface area contributed by atoms with Crippen LogP contribution in [0.3, 0.4) is 0 Å². The normalized spacial score (nSPS) is 17.2. The Hall–Kier alpha value is -1.06. The maximum atomic E-state index is 5.23. The molecule has 1 rings (SSSR count). The van der Waals surface area contributed by atoms with Crippen molar-refractivity contribution >= 4 is 11.8 Å². The van der Waals surface area contributed by atoms with Crippen molar-refractivity contribution in [3.63, 3.8) is 0 Å². The van der Waals surface area contributed by atoms with Gasteiger partial charge in [-0.05, 0) is 0 Å². The first-order valence-electron chi connectivity index (χ1n) is 2.83. The van der Waals surface area contributed by atoms with E-state index in [4.69, 9.17) is 5.73 Å². The molecule has 0 unspecified atom stereocenters. The van der Waals surface area contributed by atoms with Crippen molar-refractivity contribution < 1.29 is 0 Å². The second kappa shape index (κ2) is 2.05. The molecule has 1 aliphatic heterocycles. The number of rotatable bonds is 1. The van der Waals surface area contributed by atoms with Crippen LogP contribution in [-0.2, 0) is 0 Å². The van der Waals surface area contributed by atoms with Gasteiger partial charge in [-0.15, -0.1) is 10.2 Å². The van der Waals surface area contributed by atoms with E-state index in [0.29, 0.717) is 11.8 Å². The highest BCUT2D eigenvalue weighted by Gasteiger charge is 2.12. The Morgan fingerprint density at radius 1 is 1.33 bits per heavy atom. The fourth-order valence-electron chi connectivity index (χ4n) is 0.509. The highest BCUT2D eigenvalue weighted by Crippen LogP contribution is 1.99. The van der Waals surface area contributed by atoms with Gasteiger partial charge in [0.1, 0.15) is 0 Å². The number of hydrogen-bond donors (Lipinski definition) is 1. The third-order valence-corrected chi connectivity index (χ3v) is 1.00. The molecule has 1 heterocycles. The molecule has 1 radical (unpaired) electrons. The zero-order chi connectivity index (χ0) is 6.85. The number of guanidine groups is 1. The number of nitrogens with two attached hydrogens (primary N) is 1. The first-order valence-corrected chi connectivity index (χ1v) is 2.83. The van der Waals surface area contributed by atoms with Crippen LogP contribution in [0.5, 0.6) is 0 Å². The average Bonchev–Trinajstić information content (AvgIpc) is 2.14. The number of hydrogen-bond acceptors (Lipinski definition) is 3. The Balaban J connectivity index is 2.54. The van der Waals surface area contributed by atoms with Crippen molar-refractivity contribution in [2.24, 2.45) is 21.9 Å². The number of nitrogens with zero attached hydrogens (tertiary/aromatic N) is 3. The third kappa shape index (κ3) is 1.19. The summed E-state index contributed by atoms with van der Waals surface area (Å²) in [6.45, 7) is 3.99. The molecule has 49 valence electrons. The summed E-state index contributed by atoms with van der Waals surface area (Å²) in [5, 5.41) is 11.1. The molecule has 0 saturated carbocycles. The SMILES string of the molecule is CC(C)C1=NN=C(N)[N]1. The predicted octanol–water partition coefficient (Wildman–Crippen LogP) is -0.111. The van der Waals surface area contributed by atoms with Gasteiger partial charge in [-0.3, -0.25) is 0 Å². The van der Waals surface area contributed by atoms with E-state index < -0.39 is 0 Å². The Labute approximate surface area is 53.8 Å². The summed E-state index contributed by atoms with van der Waals surface area (Å²) in [6, 6.07) is 0. The lowest BCUT2D eigenvalue weighted by Crippen LogP contribution is -2.28. The van der Waals surface area contributed by atoms with Crippen molar-refractivity contribution in [2.75, 3.05) is 0 Å². The molecule has 0 fully saturated rings. The average molecular weight is 125 g/mol. The van der Waals surface area contributed by atoms with Crippen LogP contribution in [0.1, 0.15) is 13.8 Å². The van der Waals surface area contributed by atoms with E-state index in [2.05, 4.69) is 15.5 Å². The first-order chi connectivity index (χ1) is 4.20. The third-order valence-electron chi connectivity index (χ3n) is 1.00. The van der Waals surface area contributed by atoms with Gasteiger partial charge in [0, 0.05) is 5.92 Å². The van der Waals surface area contributed by atoms with Crippen molar-refractivity contribution in [2.45, 2.75) is 13.8 Å². The standard InChI is InChI=1S/C5H9N4/c1-3(2)4-7-5(6)9-8-4/h3H,1-2H3,(H2,6,9). The highest BCUT2D eigenvalue weighted by atomic mass is 15.4. The van der Waals surface area contributed by atoms with Crippen LogP contribution in [0.15, 0.2) is 10.2 Å². The van der Waals surface area contributed by atoms with Crippen LogP contribution < -0.4 is 11.1 Å². The summed E-state index contributed by atoms with van der Waals surface area (Å²) < 4.78 is 0. The molecule has 0 atom stereocenters. The van der Waals surface area contributed by atoms with Gasteiger partial charge < -0.3 is 5.73 Å². The first kappa shape index (κ1) is 6.07. The largest absolute Gasteiger partial charge is 0.366 e. The predicted molar refractivity (Wildman–Crippen MR) is 36.0 cm³/mol. The zero-order valence-electron chi connectivity index (χ0n) is 5.50. The molecule has 0 aromatic rings. The molecule has 2 N–H and O–H groups in total. The Morgan fingerprint density at radius 3 is 2.22 bits per heavy atom. The van der Waals surface area contributed by atoms with Crippen LogP contribution >= 0.6 is 0 Å². The van der Waals surface area contributed by atoms with Crippen molar-refractivity contribution in [1.82, 2.24) is 5.32 Å². The van der Waals surface area contributed by atoms with E-state index in [9.17, 15) is 0 Å². The molecule has 0 aromatic carbocycles.